The molecule has 1 aromatic rings. The lowest BCUT2D eigenvalue weighted by molar-refractivity contribution is -0.152. The van der Waals surface area contributed by atoms with E-state index in [2.05, 4.69) is 19.2 Å². The number of rotatable bonds is 18. The highest BCUT2D eigenvalue weighted by Crippen LogP contribution is 2.31. The highest BCUT2D eigenvalue weighted by atomic mass is 16.5. The predicted molar refractivity (Wildman–Crippen MR) is 211 cm³/mol. The molecule has 3 rings (SSSR count). The molecule has 9 atom stereocenters. The van der Waals surface area contributed by atoms with Crippen molar-refractivity contribution in [1.29, 1.82) is 0 Å². The zero-order valence-electron chi connectivity index (χ0n) is 35.0. The summed E-state index contributed by atoms with van der Waals surface area (Å²) in [5.74, 6) is -1.17. The fourth-order valence-corrected chi connectivity index (χ4v) is 8.50. The van der Waals surface area contributed by atoms with E-state index in [1.165, 1.54) is 0 Å². The number of nitrogen functional groups attached to an aromatic ring is 1. The molecule has 13 nitrogen and oxygen atoms in total. The lowest BCUT2D eigenvalue weighted by Gasteiger charge is -2.41. The molecule has 4 amide bonds. The van der Waals surface area contributed by atoms with Crippen LogP contribution in [0, 0.1) is 23.7 Å². The fraction of sp³-hybridized carbons (Fsp3) is 0.756. The molecule has 2 aliphatic heterocycles. The first kappa shape index (κ1) is 45.1. The molecule has 306 valence electrons. The summed E-state index contributed by atoms with van der Waals surface area (Å²) in [5, 5.41) is 3.05. The number of morpholine rings is 1. The van der Waals surface area contributed by atoms with Crippen LogP contribution in [0.15, 0.2) is 24.3 Å². The number of ether oxygens (including phenoxy) is 3. The van der Waals surface area contributed by atoms with Gasteiger partial charge in [0.25, 0.3) is 0 Å². The van der Waals surface area contributed by atoms with E-state index in [-0.39, 0.29) is 66.0 Å². The smallest absolute Gasteiger partial charge is 0.245 e. The largest absolute Gasteiger partial charge is 0.399 e. The van der Waals surface area contributed by atoms with Crippen LogP contribution < -0.4 is 11.1 Å². The molecule has 0 aliphatic carbocycles. The van der Waals surface area contributed by atoms with Crippen molar-refractivity contribution in [2.75, 3.05) is 67.3 Å². The van der Waals surface area contributed by atoms with Crippen LogP contribution in [-0.4, -0.2) is 141 Å². The average molecular weight is 759 g/mol. The standard InChI is InChI=1S/C41H70N6O7/c1-13-27(6)37(45(10)41(51)35(25(2)3)43-39(49)36(26(4)5)44(8)9)32(52-11)23-34(48)47-19-15-18-31(47)38(53-12)28(7)40(50)46-20-21-54-33(24-46)29-16-14-17-30(42)22-29/h14,16-17,22,25-28,31-33,35-38H,13,15,18-21,23-24,42H2,1-12H3,(H,43,49)/t27-,28+,31-,32+,33-,35-,36-,37-,38+/m0/s1. The van der Waals surface area contributed by atoms with E-state index in [1.54, 1.807) is 26.2 Å². The number of carbonyl (C=O) groups excluding carboxylic acids is 4. The van der Waals surface area contributed by atoms with Crippen LogP contribution in [0.5, 0.6) is 0 Å². The van der Waals surface area contributed by atoms with Gasteiger partial charge in [-0.05, 0) is 62.4 Å². The Morgan fingerprint density at radius 3 is 2.24 bits per heavy atom. The third kappa shape index (κ3) is 10.9. The highest BCUT2D eigenvalue weighted by Gasteiger charge is 2.44. The van der Waals surface area contributed by atoms with Gasteiger partial charge in [-0.3, -0.25) is 24.1 Å². The van der Waals surface area contributed by atoms with Gasteiger partial charge in [0.2, 0.25) is 23.6 Å². The van der Waals surface area contributed by atoms with Crippen molar-refractivity contribution < 1.29 is 33.4 Å². The number of nitrogens with zero attached hydrogens (tertiary/aromatic N) is 4. The van der Waals surface area contributed by atoms with E-state index in [9.17, 15) is 19.2 Å². The maximum atomic E-state index is 14.3. The van der Waals surface area contributed by atoms with Crippen molar-refractivity contribution in [2.45, 2.75) is 117 Å². The quantitative estimate of drug-likeness (QED) is 0.214. The molecule has 0 radical (unpaired) electrons. The molecule has 2 aliphatic rings. The average Bonchev–Trinajstić information content (AvgIpc) is 3.62. The Morgan fingerprint density at radius 1 is 1.00 bits per heavy atom. The Balaban J connectivity index is 1.78. The molecule has 13 heteroatoms. The van der Waals surface area contributed by atoms with Gasteiger partial charge >= 0.3 is 0 Å². The summed E-state index contributed by atoms with van der Waals surface area (Å²) in [6, 6.07) is 5.68. The number of hydrogen-bond donors (Lipinski definition) is 2. The molecule has 54 heavy (non-hydrogen) atoms. The van der Waals surface area contributed by atoms with Crippen LogP contribution in [0.1, 0.15) is 85.8 Å². The molecule has 0 unspecified atom stereocenters. The number of amides is 4. The van der Waals surface area contributed by atoms with Crippen LogP contribution in [0.3, 0.4) is 0 Å². The van der Waals surface area contributed by atoms with E-state index < -0.39 is 30.2 Å². The minimum Gasteiger partial charge on any atom is -0.399 e. The van der Waals surface area contributed by atoms with Gasteiger partial charge in [-0.25, -0.2) is 0 Å². The number of hydrogen-bond acceptors (Lipinski definition) is 9. The summed E-state index contributed by atoms with van der Waals surface area (Å²) in [5.41, 5.74) is 7.59. The number of likely N-dealkylation sites (N-methyl/N-ethyl adjacent to an activating group) is 2. The van der Waals surface area contributed by atoms with Gasteiger partial charge in [0.05, 0.1) is 55.8 Å². The monoisotopic (exact) mass is 759 g/mol. The zero-order chi connectivity index (χ0) is 40.4. The van der Waals surface area contributed by atoms with Crippen molar-refractivity contribution in [3.05, 3.63) is 29.8 Å². The first-order chi connectivity index (χ1) is 25.5. The molecule has 0 bridgehead atoms. The summed E-state index contributed by atoms with van der Waals surface area (Å²) >= 11 is 0. The Hall–Kier alpha value is -3.26. The molecule has 0 saturated carbocycles. The van der Waals surface area contributed by atoms with E-state index in [1.807, 2.05) is 87.7 Å². The summed E-state index contributed by atoms with van der Waals surface area (Å²) in [6.45, 7) is 15.7. The first-order valence-electron chi connectivity index (χ1n) is 19.8. The normalized spacial score (nSPS) is 21.8. The SMILES string of the molecule is CC[C@H](C)[C@@H]([C@@H](CC(=O)N1CCC[C@H]1[C@H](OC)[C@@H](C)C(=O)N1CCO[C@H](c2cccc(N)c2)C1)OC)N(C)C(=O)[C@@H](NC(=O)[C@H](C(C)C)N(C)C)C(C)C. The second-order valence-electron chi connectivity index (χ2n) is 16.3. The molecular weight excluding hydrogens is 688 g/mol. The van der Waals surface area contributed by atoms with Gasteiger partial charge in [0.1, 0.15) is 12.1 Å². The molecule has 0 spiro atoms. The lowest BCUT2D eigenvalue weighted by atomic mass is 9.89. The second-order valence-corrected chi connectivity index (χ2v) is 16.3. The molecule has 2 heterocycles. The van der Waals surface area contributed by atoms with Crippen molar-refractivity contribution in [2.24, 2.45) is 23.7 Å². The maximum absolute atomic E-state index is 14.3. The van der Waals surface area contributed by atoms with Crippen molar-refractivity contribution in [1.82, 2.24) is 24.9 Å². The molecule has 3 N–H and O–H groups in total. The Morgan fingerprint density at radius 2 is 1.69 bits per heavy atom. The highest BCUT2D eigenvalue weighted by molar-refractivity contribution is 5.90. The van der Waals surface area contributed by atoms with Gasteiger partial charge in [-0.15, -0.1) is 0 Å². The van der Waals surface area contributed by atoms with E-state index in [4.69, 9.17) is 19.9 Å². The summed E-state index contributed by atoms with van der Waals surface area (Å²) in [4.78, 5) is 63.2. The van der Waals surface area contributed by atoms with Crippen molar-refractivity contribution in [3.8, 4) is 0 Å². The molecule has 1 aromatic carbocycles. The number of nitrogens with two attached hydrogens (primary N) is 1. The number of anilines is 1. The summed E-state index contributed by atoms with van der Waals surface area (Å²) < 4.78 is 18.1. The molecule has 2 fully saturated rings. The van der Waals surface area contributed by atoms with Crippen molar-refractivity contribution >= 4 is 29.3 Å². The zero-order valence-corrected chi connectivity index (χ0v) is 35.0. The minimum absolute atomic E-state index is 0.00572. The second kappa shape index (κ2) is 20.6. The summed E-state index contributed by atoms with van der Waals surface area (Å²) in [6.07, 6.45) is 0.912. The van der Waals surface area contributed by atoms with Crippen LogP contribution in [0.25, 0.3) is 0 Å². The number of nitrogens with one attached hydrogen (secondary N) is 1. The fourth-order valence-electron chi connectivity index (χ4n) is 8.50. The Bertz CT molecular complexity index is 1380. The van der Waals surface area contributed by atoms with E-state index in [0.717, 1.165) is 18.4 Å². The van der Waals surface area contributed by atoms with Crippen LogP contribution >= 0.6 is 0 Å². The van der Waals surface area contributed by atoms with E-state index >= 15 is 0 Å². The van der Waals surface area contributed by atoms with Crippen LogP contribution in [-0.2, 0) is 33.4 Å². The molecule has 2 saturated heterocycles. The van der Waals surface area contributed by atoms with Crippen molar-refractivity contribution in [3.63, 3.8) is 0 Å². The minimum atomic E-state index is -0.750. The summed E-state index contributed by atoms with van der Waals surface area (Å²) in [7, 11) is 8.66. The van der Waals surface area contributed by atoms with Crippen LogP contribution in [0.2, 0.25) is 0 Å². The van der Waals surface area contributed by atoms with Gasteiger partial charge in [0, 0.05) is 40.0 Å². The number of carbonyl (C=O) groups is 4. The van der Waals surface area contributed by atoms with E-state index in [0.29, 0.717) is 38.3 Å². The predicted octanol–water partition coefficient (Wildman–Crippen LogP) is 3.82. The number of methoxy groups -OCH3 is 2. The topological polar surface area (TPSA) is 147 Å². The molecular formula is C41H70N6O7. The van der Waals surface area contributed by atoms with Crippen LogP contribution in [0.4, 0.5) is 5.69 Å². The lowest BCUT2D eigenvalue weighted by Crippen LogP contribution is -2.59. The maximum Gasteiger partial charge on any atom is 0.245 e. The number of benzene rings is 1. The third-order valence-electron chi connectivity index (χ3n) is 11.6. The molecule has 0 aromatic heterocycles. The number of likely N-dealkylation sites (tertiary alicyclic amines) is 1. The first-order valence-corrected chi connectivity index (χ1v) is 19.8. The Labute approximate surface area is 324 Å². The Kier molecular flexibility index (Phi) is 17.2. The van der Waals surface area contributed by atoms with Gasteiger partial charge in [-0.1, -0.05) is 67.0 Å². The van der Waals surface area contributed by atoms with Gasteiger partial charge < -0.3 is 40.0 Å². The third-order valence-corrected chi connectivity index (χ3v) is 11.6. The van der Waals surface area contributed by atoms with Gasteiger partial charge in [0.15, 0.2) is 0 Å². The van der Waals surface area contributed by atoms with Gasteiger partial charge in [-0.2, -0.15) is 0 Å².